The zero-order valence-corrected chi connectivity index (χ0v) is 17.1. The van der Waals surface area contributed by atoms with Gasteiger partial charge in [-0.2, -0.15) is 0 Å². The fourth-order valence-electron chi connectivity index (χ4n) is 3.74. The van der Waals surface area contributed by atoms with Crippen molar-refractivity contribution in [2.45, 2.75) is 33.1 Å². The summed E-state index contributed by atoms with van der Waals surface area (Å²) in [5.74, 6) is 1.06. The summed E-state index contributed by atoms with van der Waals surface area (Å²) >= 11 is 1.44. The minimum atomic E-state index is -0.0688. The molecule has 2 aliphatic rings. The highest BCUT2D eigenvalue weighted by molar-refractivity contribution is 7.14. The molecular formula is C21H25N3O3S. The van der Waals surface area contributed by atoms with Crippen molar-refractivity contribution in [1.29, 1.82) is 0 Å². The molecule has 1 saturated heterocycles. The predicted molar refractivity (Wildman–Crippen MR) is 110 cm³/mol. The fourth-order valence-corrected chi connectivity index (χ4v) is 4.47. The molecule has 2 amide bonds. The van der Waals surface area contributed by atoms with E-state index in [4.69, 9.17) is 4.74 Å². The molecule has 148 valence electrons. The molecule has 4 rings (SSSR count). The normalized spacial score (nSPS) is 16.8. The number of nitrogens with zero attached hydrogens (tertiary/aromatic N) is 2. The van der Waals surface area contributed by atoms with Crippen LogP contribution in [0, 0.1) is 11.8 Å². The standard InChI is InChI=1S/C21H25N3O3S/c1-13(2)20(26)24-8-5-14(6-9-24)19(25)23-21-22-17(12-28-21)15-3-4-18-16(11-15)7-10-27-18/h3-4,11-14H,5-10H2,1-2H3,(H,22,23,25). The summed E-state index contributed by atoms with van der Waals surface area (Å²) < 4.78 is 5.55. The molecule has 2 aromatic rings. The van der Waals surface area contributed by atoms with Gasteiger partial charge in [-0.25, -0.2) is 4.98 Å². The second-order valence-corrected chi connectivity index (χ2v) is 8.56. The third kappa shape index (κ3) is 3.90. The molecule has 0 aliphatic carbocycles. The first-order chi connectivity index (χ1) is 13.5. The quantitative estimate of drug-likeness (QED) is 0.853. The van der Waals surface area contributed by atoms with Gasteiger partial charge in [0.2, 0.25) is 11.8 Å². The van der Waals surface area contributed by atoms with Crippen LogP contribution < -0.4 is 10.1 Å². The lowest BCUT2D eigenvalue weighted by atomic mass is 9.95. The Balaban J connectivity index is 1.35. The summed E-state index contributed by atoms with van der Waals surface area (Å²) in [7, 11) is 0. The van der Waals surface area contributed by atoms with Gasteiger partial charge in [0, 0.05) is 42.3 Å². The summed E-state index contributed by atoms with van der Waals surface area (Å²) in [6.07, 6.45) is 2.33. The number of amides is 2. The van der Waals surface area contributed by atoms with Crippen molar-refractivity contribution in [2.24, 2.45) is 11.8 Å². The molecule has 0 radical (unpaired) electrons. The molecule has 1 aromatic carbocycles. The molecule has 0 spiro atoms. The average molecular weight is 400 g/mol. The average Bonchev–Trinajstić information content (AvgIpc) is 3.36. The minimum Gasteiger partial charge on any atom is -0.493 e. The number of carbonyl (C=O) groups excluding carboxylic acids is 2. The summed E-state index contributed by atoms with van der Waals surface area (Å²) in [6, 6.07) is 6.11. The van der Waals surface area contributed by atoms with E-state index in [9.17, 15) is 9.59 Å². The Morgan fingerprint density at radius 1 is 1.29 bits per heavy atom. The monoisotopic (exact) mass is 399 g/mol. The van der Waals surface area contributed by atoms with Gasteiger partial charge in [0.05, 0.1) is 12.3 Å². The number of aromatic nitrogens is 1. The van der Waals surface area contributed by atoms with Crippen LogP contribution >= 0.6 is 11.3 Å². The lowest BCUT2D eigenvalue weighted by Crippen LogP contribution is -2.43. The summed E-state index contributed by atoms with van der Waals surface area (Å²) in [5.41, 5.74) is 3.12. The molecule has 0 unspecified atom stereocenters. The van der Waals surface area contributed by atoms with Crippen LogP contribution in [0.1, 0.15) is 32.3 Å². The second-order valence-electron chi connectivity index (χ2n) is 7.70. The van der Waals surface area contributed by atoms with E-state index in [0.29, 0.717) is 31.1 Å². The Kier molecular flexibility index (Phi) is 5.35. The topological polar surface area (TPSA) is 71.5 Å². The third-order valence-corrected chi connectivity index (χ3v) is 6.15. The third-order valence-electron chi connectivity index (χ3n) is 5.39. The van der Waals surface area contributed by atoms with Gasteiger partial charge in [0.25, 0.3) is 0 Å². The van der Waals surface area contributed by atoms with Gasteiger partial charge in [-0.15, -0.1) is 11.3 Å². The maximum Gasteiger partial charge on any atom is 0.229 e. The Morgan fingerprint density at radius 3 is 2.82 bits per heavy atom. The van der Waals surface area contributed by atoms with E-state index in [-0.39, 0.29) is 23.7 Å². The zero-order valence-electron chi connectivity index (χ0n) is 16.2. The predicted octanol–water partition coefficient (Wildman–Crippen LogP) is 3.58. The molecule has 1 fully saturated rings. The van der Waals surface area contributed by atoms with Crippen LogP contribution in [0.2, 0.25) is 0 Å². The summed E-state index contributed by atoms with van der Waals surface area (Å²) in [6.45, 7) is 5.86. The van der Waals surface area contributed by atoms with Crippen molar-refractivity contribution in [3.8, 4) is 17.0 Å². The van der Waals surface area contributed by atoms with Gasteiger partial charge >= 0.3 is 0 Å². The first-order valence-corrected chi connectivity index (χ1v) is 10.7. The van der Waals surface area contributed by atoms with E-state index < -0.39 is 0 Å². The minimum absolute atomic E-state index is 0.0000933. The molecule has 0 saturated carbocycles. The van der Waals surface area contributed by atoms with E-state index in [1.807, 2.05) is 36.3 Å². The molecule has 2 aliphatic heterocycles. The van der Waals surface area contributed by atoms with Crippen LogP contribution in [-0.4, -0.2) is 41.4 Å². The number of hydrogen-bond acceptors (Lipinski definition) is 5. The molecule has 7 heteroatoms. The van der Waals surface area contributed by atoms with Crippen LogP contribution in [0.4, 0.5) is 5.13 Å². The maximum atomic E-state index is 12.6. The van der Waals surface area contributed by atoms with E-state index in [1.54, 1.807) is 0 Å². The molecule has 3 heterocycles. The van der Waals surface area contributed by atoms with Crippen molar-refractivity contribution in [1.82, 2.24) is 9.88 Å². The molecule has 0 atom stereocenters. The number of ether oxygens (including phenoxy) is 1. The summed E-state index contributed by atoms with van der Waals surface area (Å²) in [4.78, 5) is 31.2. The fraction of sp³-hybridized carbons (Fsp3) is 0.476. The van der Waals surface area contributed by atoms with Gasteiger partial charge in [-0.1, -0.05) is 13.8 Å². The largest absolute Gasteiger partial charge is 0.493 e. The van der Waals surface area contributed by atoms with Gasteiger partial charge < -0.3 is 15.0 Å². The van der Waals surface area contributed by atoms with Crippen molar-refractivity contribution >= 4 is 28.3 Å². The lowest BCUT2D eigenvalue weighted by molar-refractivity contribution is -0.137. The van der Waals surface area contributed by atoms with E-state index in [2.05, 4.69) is 16.4 Å². The van der Waals surface area contributed by atoms with E-state index in [0.717, 1.165) is 30.0 Å². The highest BCUT2D eigenvalue weighted by Gasteiger charge is 2.28. The van der Waals surface area contributed by atoms with Crippen LogP contribution in [0.25, 0.3) is 11.3 Å². The second kappa shape index (κ2) is 7.91. The van der Waals surface area contributed by atoms with Crippen LogP contribution in [-0.2, 0) is 16.0 Å². The van der Waals surface area contributed by atoms with Crippen LogP contribution in [0.15, 0.2) is 23.6 Å². The molecule has 1 aromatic heterocycles. The molecule has 0 bridgehead atoms. The number of hydrogen-bond donors (Lipinski definition) is 1. The number of fused-ring (bicyclic) bond motifs is 1. The number of likely N-dealkylation sites (tertiary alicyclic amines) is 1. The van der Waals surface area contributed by atoms with E-state index >= 15 is 0 Å². The van der Waals surface area contributed by atoms with Crippen molar-refractivity contribution in [2.75, 3.05) is 25.0 Å². The van der Waals surface area contributed by atoms with Gasteiger partial charge in [0.1, 0.15) is 5.75 Å². The molecule has 1 N–H and O–H groups in total. The summed E-state index contributed by atoms with van der Waals surface area (Å²) in [5, 5.41) is 5.55. The number of piperidine rings is 1. The smallest absolute Gasteiger partial charge is 0.229 e. The van der Waals surface area contributed by atoms with Crippen molar-refractivity contribution in [3.05, 3.63) is 29.1 Å². The Labute approximate surface area is 168 Å². The number of benzene rings is 1. The lowest BCUT2D eigenvalue weighted by Gasteiger charge is -2.32. The van der Waals surface area contributed by atoms with Crippen molar-refractivity contribution < 1.29 is 14.3 Å². The first-order valence-electron chi connectivity index (χ1n) is 9.82. The number of anilines is 1. The Hall–Kier alpha value is -2.41. The highest BCUT2D eigenvalue weighted by atomic mass is 32.1. The van der Waals surface area contributed by atoms with Gasteiger partial charge in [-0.3, -0.25) is 9.59 Å². The number of nitrogens with one attached hydrogen (secondary N) is 1. The van der Waals surface area contributed by atoms with E-state index in [1.165, 1.54) is 16.9 Å². The highest BCUT2D eigenvalue weighted by Crippen LogP contribution is 2.32. The maximum absolute atomic E-state index is 12.6. The Bertz CT molecular complexity index is 885. The SMILES string of the molecule is CC(C)C(=O)N1CCC(C(=O)Nc2nc(-c3ccc4c(c3)CCO4)cs2)CC1. The van der Waals surface area contributed by atoms with Crippen LogP contribution in [0.5, 0.6) is 5.75 Å². The molecule has 28 heavy (non-hydrogen) atoms. The number of carbonyl (C=O) groups is 2. The first kappa shape index (κ1) is 18.9. The molecular weight excluding hydrogens is 374 g/mol. The number of thiazole rings is 1. The van der Waals surface area contributed by atoms with Crippen LogP contribution in [0.3, 0.4) is 0 Å². The van der Waals surface area contributed by atoms with Gasteiger partial charge in [0.15, 0.2) is 5.13 Å². The van der Waals surface area contributed by atoms with Crippen molar-refractivity contribution in [3.63, 3.8) is 0 Å². The molecule has 6 nitrogen and oxygen atoms in total. The zero-order chi connectivity index (χ0) is 19.7. The number of rotatable bonds is 4. The van der Waals surface area contributed by atoms with Gasteiger partial charge in [-0.05, 0) is 36.6 Å². The Morgan fingerprint density at radius 2 is 2.07 bits per heavy atom.